The van der Waals surface area contributed by atoms with Gasteiger partial charge in [-0.3, -0.25) is 4.89 Å². The van der Waals surface area contributed by atoms with E-state index in [0.717, 1.165) is 6.42 Å². The Kier molecular flexibility index (Phi) is 3.93. The van der Waals surface area contributed by atoms with Crippen molar-refractivity contribution in [3.63, 3.8) is 0 Å². The molecular formula is C12H20N2O3. The lowest BCUT2D eigenvalue weighted by atomic mass is 9.84. The maximum absolute atomic E-state index is 11.5. The molecule has 5 nitrogen and oxygen atoms in total. The van der Waals surface area contributed by atoms with Crippen LogP contribution in [0.5, 0.6) is 0 Å². The van der Waals surface area contributed by atoms with Gasteiger partial charge in [0, 0.05) is 12.4 Å². The summed E-state index contributed by atoms with van der Waals surface area (Å²) in [5.74, 6) is 0. The van der Waals surface area contributed by atoms with E-state index in [2.05, 4.69) is 25.8 Å². The van der Waals surface area contributed by atoms with Gasteiger partial charge in [0.1, 0.15) is 11.9 Å². The molecule has 0 aliphatic carbocycles. The Bertz CT molecular complexity index is 364. The van der Waals surface area contributed by atoms with Crippen LogP contribution in [0.1, 0.15) is 41.0 Å². The topological polar surface area (TPSA) is 53.4 Å². The number of hydrogen-bond acceptors (Lipinski definition) is 4. The first-order valence-electron chi connectivity index (χ1n) is 5.58. The normalized spacial score (nSPS) is 12.5. The summed E-state index contributed by atoms with van der Waals surface area (Å²) in [4.78, 5) is 25.2. The minimum Gasteiger partial charge on any atom is -0.274 e. The van der Waals surface area contributed by atoms with Crippen molar-refractivity contribution in [2.75, 3.05) is 0 Å². The molecule has 1 aromatic rings. The zero-order valence-electron chi connectivity index (χ0n) is 11.1. The van der Waals surface area contributed by atoms with Crippen LogP contribution in [0.25, 0.3) is 0 Å². The van der Waals surface area contributed by atoms with E-state index in [1.165, 1.54) is 23.3 Å². The number of hydrogen-bond donors (Lipinski definition) is 0. The molecule has 0 aliphatic rings. The number of carbonyl (C=O) groups excluding carboxylic acids is 1. The highest BCUT2D eigenvalue weighted by Crippen LogP contribution is 2.29. The van der Waals surface area contributed by atoms with Crippen LogP contribution >= 0.6 is 0 Å². The van der Waals surface area contributed by atoms with Crippen molar-refractivity contribution >= 4 is 6.09 Å². The summed E-state index contributed by atoms with van der Waals surface area (Å²) in [5.41, 5.74) is -0.417. The molecule has 0 spiro atoms. The molecule has 1 aromatic heterocycles. The average molecular weight is 240 g/mol. The van der Waals surface area contributed by atoms with Crippen LogP contribution in [0.2, 0.25) is 0 Å². The summed E-state index contributed by atoms with van der Waals surface area (Å²) in [5, 5.41) is 0. The Hall–Kier alpha value is -1.36. The molecule has 0 atom stereocenters. The van der Waals surface area contributed by atoms with Gasteiger partial charge in [-0.05, 0) is 25.7 Å². The molecule has 0 amide bonds. The highest BCUT2D eigenvalue weighted by Gasteiger charge is 2.29. The molecule has 0 saturated heterocycles. The summed E-state index contributed by atoms with van der Waals surface area (Å²) in [7, 11) is 0. The first-order valence-corrected chi connectivity index (χ1v) is 5.58. The van der Waals surface area contributed by atoms with Crippen LogP contribution in [0.3, 0.4) is 0 Å². The van der Waals surface area contributed by atoms with Gasteiger partial charge in [0.15, 0.2) is 0 Å². The lowest BCUT2D eigenvalue weighted by molar-refractivity contribution is -0.311. The van der Waals surface area contributed by atoms with Crippen molar-refractivity contribution in [2.24, 2.45) is 5.41 Å². The van der Waals surface area contributed by atoms with Crippen LogP contribution in [0.15, 0.2) is 18.7 Å². The molecule has 96 valence electrons. The molecule has 1 rings (SSSR count). The highest BCUT2D eigenvalue weighted by molar-refractivity contribution is 5.69. The summed E-state index contributed by atoms with van der Waals surface area (Å²) in [6, 6.07) is 0. The average Bonchev–Trinajstić information content (AvgIpc) is 2.63. The van der Waals surface area contributed by atoms with Gasteiger partial charge in [-0.1, -0.05) is 20.8 Å². The van der Waals surface area contributed by atoms with Crippen molar-refractivity contribution in [3.8, 4) is 0 Å². The third kappa shape index (κ3) is 4.99. The van der Waals surface area contributed by atoms with Crippen molar-refractivity contribution in [2.45, 2.75) is 46.6 Å². The van der Waals surface area contributed by atoms with Gasteiger partial charge < -0.3 is 0 Å². The van der Waals surface area contributed by atoms with Gasteiger partial charge in [0.05, 0.1) is 0 Å². The van der Waals surface area contributed by atoms with E-state index in [1.54, 1.807) is 0 Å². The van der Waals surface area contributed by atoms with Crippen molar-refractivity contribution in [3.05, 3.63) is 18.7 Å². The van der Waals surface area contributed by atoms with Crippen molar-refractivity contribution in [1.29, 1.82) is 0 Å². The Morgan fingerprint density at radius 2 is 1.94 bits per heavy atom. The van der Waals surface area contributed by atoms with Crippen LogP contribution in [0.4, 0.5) is 4.79 Å². The first kappa shape index (κ1) is 13.7. The monoisotopic (exact) mass is 240 g/mol. The lowest BCUT2D eigenvalue weighted by Crippen LogP contribution is -2.32. The molecule has 0 aliphatic heterocycles. The zero-order chi connectivity index (χ0) is 13.1. The molecule has 1 heterocycles. The minimum absolute atomic E-state index is 0.102. The Morgan fingerprint density at radius 3 is 2.41 bits per heavy atom. The second-order valence-corrected chi connectivity index (χ2v) is 5.90. The first-order chi connectivity index (χ1) is 7.70. The largest absolute Gasteiger partial charge is 0.450 e. The van der Waals surface area contributed by atoms with Crippen molar-refractivity contribution in [1.82, 2.24) is 9.55 Å². The van der Waals surface area contributed by atoms with E-state index in [-0.39, 0.29) is 5.41 Å². The summed E-state index contributed by atoms with van der Waals surface area (Å²) in [6.45, 7) is 10.1. The van der Waals surface area contributed by atoms with Crippen molar-refractivity contribution < 1.29 is 14.6 Å². The molecule has 0 aromatic carbocycles. The van der Waals surface area contributed by atoms with Crippen LogP contribution in [-0.2, 0) is 9.78 Å². The van der Waals surface area contributed by atoms with Crippen LogP contribution in [0, 0.1) is 5.41 Å². The molecular weight excluding hydrogens is 220 g/mol. The van der Waals surface area contributed by atoms with Crippen LogP contribution in [-0.4, -0.2) is 21.2 Å². The molecule has 17 heavy (non-hydrogen) atoms. The van der Waals surface area contributed by atoms with E-state index in [1.807, 2.05) is 13.8 Å². The predicted octanol–water partition coefficient (Wildman–Crippen LogP) is 3.01. The van der Waals surface area contributed by atoms with E-state index in [4.69, 9.17) is 9.78 Å². The van der Waals surface area contributed by atoms with Gasteiger partial charge in [-0.15, -0.1) is 0 Å². The minimum atomic E-state index is -0.593. The molecule has 0 radical (unpaired) electrons. The van der Waals surface area contributed by atoms with E-state index < -0.39 is 11.7 Å². The Labute approximate surface area is 102 Å². The summed E-state index contributed by atoms with van der Waals surface area (Å²) in [6.07, 6.45) is 4.55. The smallest absolute Gasteiger partial charge is 0.274 e. The fraction of sp³-hybridized carbons (Fsp3) is 0.667. The quantitative estimate of drug-likeness (QED) is 0.602. The Morgan fingerprint density at radius 1 is 1.29 bits per heavy atom. The van der Waals surface area contributed by atoms with E-state index >= 15 is 0 Å². The van der Waals surface area contributed by atoms with Crippen LogP contribution < -0.4 is 0 Å². The van der Waals surface area contributed by atoms with E-state index in [9.17, 15) is 4.79 Å². The fourth-order valence-corrected chi connectivity index (χ4v) is 1.87. The molecule has 0 unspecified atom stereocenters. The zero-order valence-corrected chi connectivity index (χ0v) is 11.1. The van der Waals surface area contributed by atoms with Gasteiger partial charge >= 0.3 is 6.09 Å². The summed E-state index contributed by atoms with van der Waals surface area (Å²) >= 11 is 0. The lowest BCUT2D eigenvalue weighted by Gasteiger charge is -2.30. The Balaban J connectivity index is 2.47. The molecule has 0 N–H and O–H groups in total. The number of imidazole rings is 1. The standard InChI is InChI=1S/C12H20N2O3/c1-11(2,3)8-12(4,5)17-16-10(15)14-7-6-13-9-14/h6-7,9H,8H2,1-5H3. The number of aromatic nitrogens is 2. The number of carbonyl (C=O) groups is 1. The molecule has 0 bridgehead atoms. The summed E-state index contributed by atoms with van der Waals surface area (Å²) < 4.78 is 1.22. The van der Waals surface area contributed by atoms with Gasteiger partial charge in [0.2, 0.25) is 0 Å². The second kappa shape index (κ2) is 4.87. The maximum atomic E-state index is 11.5. The third-order valence-corrected chi connectivity index (χ3v) is 2.01. The van der Waals surface area contributed by atoms with E-state index in [0.29, 0.717) is 0 Å². The second-order valence-electron chi connectivity index (χ2n) is 5.90. The molecule has 0 saturated carbocycles. The highest BCUT2D eigenvalue weighted by atomic mass is 17.2. The third-order valence-electron chi connectivity index (χ3n) is 2.01. The SMILES string of the molecule is CC(C)(C)CC(C)(C)OOC(=O)n1ccnc1. The fourth-order valence-electron chi connectivity index (χ4n) is 1.87. The van der Waals surface area contributed by atoms with Gasteiger partial charge in [0.25, 0.3) is 0 Å². The molecule has 5 heteroatoms. The van der Waals surface area contributed by atoms with Gasteiger partial charge in [-0.25, -0.2) is 14.3 Å². The maximum Gasteiger partial charge on any atom is 0.450 e. The molecule has 0 fully saturated rings. The predicted molar refractivity (Wildman–Crippen MR) is 63.3 cm³/mol. The van der Waals surface area contributed by atoms with Gasteiger partial charge in [-0.2, -0.15) is 4.89 Å². The number of nitrogens with zero attached hydrogens (tertiary/aromatic N) is 2. The number of rotatable bonds is 3.